The Bertz CT molecular complexity index is 791. The number of benzene rings is 2. The molecule has 0 bridgehead atoms. The zero-order chi connectivity index (χ0) is 14.7. The van der Waals surface area contributed by atoms with Crippen LogP contribution < -0.4 is 0 Å². The van der Waals surface area contributed by atoms with Gasteiger partial charge in [-0.05, 0) is 36.3 Å². The number of rotatable bonds is 4. The molecular weight excluding hydrogens is 316 g/mol. The lowest BCUT2D eigenvalue weighted by molar-refractivity contribution is 0.823. The number of aryl methyl sites for hydroxylation is 1. The lowest BCUT2D eigenvalue weighted by Crippen LogP contribution is -1.98. The molecule has 5 heteroatoms. The molecule has 0 fully saturated rings. The predicted octanol–water partition coefficient (Wildman–Crippen LogP) is 5.26. The second-order valence-corrected chi connectivity index (χ2v) is 7.45. The molecule has 0 amide bonds. The fourth-order valence-electron chi connectivity index (χ4n) is 1.99. The fraction of sp³-hybridized carbons (Fsp3) is 0.125. The molecule has 3 rings (SSSR count). The average Bonchev–Trinajstić information content (AvgIpc) is 2.88. The third-order valence-electron chi connectivity index (χ3n) is 3.08. The minimum Gasteiger partial charge on any atom is -0.211 e. The van der Waals surface area contributed by atoms with Crippen LogP contribution in [0.5, 0.6) is 0 Å². The lowest BCUT2D eigenvalue weighted by atomic mass is 10.2. The second-order valence-electron chi connectivity index (χ2n) is 4.61. The van der Waals surface area contributed by atoms with Gasteiger partial charge in [-0.2, -0.15) is 0 Å². The normalized spacial score (nSPS) is 10.7. The summed E-state index contributed by atoms with van der Waals surface area (Å²) in [6.07, 6.45) is 0. The molecule has 3 aromatic rings. The summed E-state index contributed by atoms with van der Waals surface area (Å²) in [6.45, 7) is 2.08. The molecule has 0 saturated heterocycles. The number of thioether (sulfide) groups is 1. The summed E-state index contributed by atoms with van der Waals surface area (Å²) in [6, 6.07) is 18.6. The molecule has 0 aliphatic rings. The lowest BCUT2D eigenvalue weighted by Gasteiger charge is -2.04. The molecule has 0 aliphatic carbocycles. The van der Waals surface area contributed by atoms with Crippen LogP contribution in [-0.4, -0.2) is 9.78 Å². The highest BCUT2D eigenvalue weighted by molar-refractivity contribution is 8.00. The first kappa shape index (κ1) is 14.5. The van der Waals surface area contributed by atoms with Crippen molar-refractivity contribution in [1.29, 1.82) is 0 Å². The maximum atomic E-state index is 5.45. The van der Waals surface area contributed by atoms with Crippen LogP contribution in [0.3, 0.4) is 0 Å². The van der Waals surface area contributed by atoms with Gasteiger partial charge in [-0.25, -0.2) is 4.68 Å². The van der Waals surface area contributed by atoms with E-state index in [9.17, 15) is 0 Å². The average molecular weight is 331 g/mol. The summed E-state index contributed by atoms with van der Waals surface area (Å²) in [5.41, 5.74) is 3.54. The van der Waals surface area contributed by atoms with E-state index in [2.05, 4.69) is 48.4 Å². The van der Waals surface area contributed by atoms with E-state index in [4.69, 9.17) is 12.2 Å². The monoisotopic (exact) mass is 330 g/mol. The summed E-state index contributed by atoms with van der Waals surface area (Å²) in [5.74, 6) is 0.914. The zero-order valence-corrected chi connectivity index (χ0v) is 14.0. The summed E-state index contributed by atoms with van der Waals surface area (Å²) in [5, 5.41) is 4.65. The Labute approximate surface area is 137 Å². The van der Waals surface area contributed by atoms with E-state index in [1.54, 1.807) is 23.1 Å². The number of aromatic nitrogens is 2. The molecule has 1 heterocycles. The van der Waals surface area contributed by atoms with E-state index in [1.807, 2.05) is 22.9 Å². The SMILES string of the molecule is Cc1ccccc1-n1nc(SCc2ccccc2)sc1=S. The molecule has 2 aromatic carbocycles. The number of para-hydroxylation sites is 1. The quantitative estimate of drug-likeness (QED) is 0.480. The minimum atomic E-state index is 0.792. The van der Waals surface area contributed by atoms with Crippen molar-refractivity contribution in [3.8, 4) is 5.69 Å². The molecular formula is C16H14N2S3. The summed E-state index contributed by atoms with van der Waals surface area (Å²) in [4.78, 5) is 0. The molecule has 0 aliphatic heterocycles. The van der Waals surface area contributed by atoms with Gasteiger partial charge in [0, 0.05) is 5.75 Å². The van der Waals surface area contributed by atoms with Crippen molar-refractivity contribution in [2.24, 2.45) is 0 Å². The maximum absolute atomic E-state index is 5.45. The molecule has 1 aromatic heterocycles. The molecule has 106 valence electrons. The molecule has 0 N–H and O–H groups in total. The van der Waals surface area contributed by atoms with Crippen molar-refractivity contribution in [2.45, 2.75) is 17.0 Å². The fourth-order valence-corrected chi connectivity index (χ4v) is 4.29. The third kappa shape index (κ3) is 3.43. The van der Waals surface area contributed by atoms with Crippen LogP contribution in [0.25, 0.3) is 5.69 Å². The van der Waals surface area contributed by atoms with E-state index < -0.39 is 0 Å². The van der Waals surface area contributed by atoms with Gasteiger partial charge >= 0.3 is 0 Å². The van der Waals surface area contributed by atoms with Crippen LogP contribution in [0.2, 0.25) is 0 Å². The van der Waals surface area contributed by atoms with Crippen LogP contribution >= 0.6 is 35.3 Å². The van der Waals surface area contributed by atoms with Crippen molar-refractivity contribution < 1.29 is 0 Å². The highest BCUT2D eigenvalue weighted by Gasteiger charge is 2.08. The Morgan fingerprint density at radius 3 is 2.57 bits per heavy atom. The first-order valence-corrected chi connectivity index (χ1v) is 8.78. The van der Waals surface area contributed by atoms with E-state index in [0.29, 0.717) is 0 Å². The van der Waals surface area contributed by atoms with Gasteiger partial charge in [0.05, 0.1) is 5.69 Å². The van der Waals surface area contributed by atoms with E-state index in [0.717, 1.165) is 19.7 Å². The topological polar surface area (TPSA) is 17.8 Å². The van der Waals surface area contributed by atoms with Crippen LogP contribution in [-0.2, 0) is 5.75 Å². The Hall–Kier alpha value is -1.43. The van der Waals surface area contributed by atoms with Crippen molar-refractivity contribution in [2.75, 3.05) is 0 Å². The van der Waals surface area contributed by atoms with Gasteiger partial charge in [-0.15, -0.1) is 5.10 Å². The van der Waals surface area contributed by atoms with Gasteiger partial charge in [0.1, 0.15) is 0 Å². The highest BCUT2D eigenvalue weighted by atomic mass is 32.2. The largest absolute Gasteiger partial charge is 0.211 e. The highest BCUT2D eigenvalue weighted by Crippen LogP contribution is 2.27. The van der Waals surface area contributed by atoms with Gasteiger partial charge in [-0.3, -0.25) is 0 Å². The number of hydrogen-bond donors (Lipinski definition) is 0. The third-order valence-corrected chi connectivity index (χ3v) is 5.51. The van der Waals surface area contributed by atoms with E-state index in [1.165, 1.54) is 11.1 Å². The van der Waals surface area contributed by atoms with Gasteiger partial charge in [0.25, 0.3) is 0 Å². The standard InChI is InChI=1S/C16H14N2S3/c1-12-7-5-6-10-14(12)18-16(19)21-15(17-18)20-11-13-8-3-2-4-9-13/h2-10H,11H2,1H3. The first-order valence-electron chi connectivity index (χ1n) is 6.57. The molecule has 0 unspecified atom stereocenters. The van der Waals surface area contributed by atoms with Gasteiger partial charge in [0.15, 0.2) is 8.29 Å². The number of hydrogen-bond acceptors (Lipinski definition) is 4. The van der Waals surface area contributed by atoms with Crippen LogP contribution in [0.15, 0.2) is 58.9 Å². The Kier molecular flexibility index (Phi) is 4.53. The number of nitrogens with zero attached hydrogens (tertiary/aromatic N) is 2. The van der Waals surface area contributed by atoms with Crippen molar-refractivity contribution in [1.82, 2.24) is 9.78 Å². The smallest absolute Gasteiger partial charge is 0.184 e. The van der Waals surface area contributed by atoms with E-state index in [-0.39, 0.29) is 0 Å². The first-order chi connectivity index (χ1) is 10.2. The van der Waals surface area contributed by atoms with Crippen molar-refractivity contribution in [3.05, 3.63) is 69.7 Å². The van der Waals surface area contributed by atoms with Crippen LogP contribution in [0, 0.1) is 10.9 Å². The van der Waals surface area contributed by atoms with Crippen LogP contribution in [0.1, 0.15) is 11.1 Å². The molecule has 0 spiro atoms. The predicted molar refractivity (Wildman–Crippen MR) is 93.0 cm³/mol. The molecule has 0 radical (unpaired) electrons. The minimum absolute atomic E-state index is 0.792. The molecule has 0 atom stereocenters. The van der Waals surface area contributed by atoms with Crippen molar-refractivity contribution in [3.63, 3.8) is 0 Å². The summed E-state index contributed by atoms with van der Waals surface area (Å²) < 4.78 is 3.66. The van der Waals surface area contributed by atoms with Gasteiger partial charge < -0.3 is 0 Å². The summed E-state index contributed by atoms with van der Waals surface area (Å²) in [7, 11) is 0. The zero-order valence-electron chi connectivity index (χ0n) is 11.5. The Balaban J connectivity index is 1.82. The van der Waals surface area contributed by atoms with Gasteiger partial charge in [-0.1, -0.05) is 71.6 Å². The van der Waals surface area contributed by atoms with Crippen molar-refractivity contribution >= 4 is 35.3 Å². The maximum Gasteiger partial charge on any atom is 0.184 e. The molecule has 0 saturated carbocycles. The van der Waals surface area contributed by atoms with Gasteiger partial charge in [0.2, 0.25) is 0 Å². The molecule has 21 heavy (non-hydrogen) atoms. The van der Waals surface area contributed by atoms with Crippen LogP contribution in [0.4, 0.5) is 0 Å². The second kappa shape index (κ2) is 6.56. The molecule has 2 nitrogen and oxygen atoms in total. The Morgan fingerprint density at radius 1 is 1.10 bits per heavy atom. The van der Waals surface area contributed by atoms with E-state index >= 15 is 0 Å². The Morgan fingerprint density at radius 2 is 1.81 bits per heavy atom. The summed E-state index contributed by atoms with van der Waals surface area (Å²) >= 11 is 8.75.